The smallest absolute Gasteiger partial charge is 0.254 e. The van der Waals surface area contributed by atoms with E-state index < -0.39 is 0 Å². The maximum absolute atomic E-state index is 14.0. The van der Waals surface area contributed by atoms with Gasteiger partial charge in [-0.2, -0.15) is 0 Å². The Morgan fingerprint density at radius 1 is 0.936 bits per heavy atom. The lowest BCUT2D eigenvalue weighted by Gasteiger charge is -2.33. The number of carbonyl (C=O) groups excluding carboxylic acids is 1. The molecule has 5 aromatic rings. The average molecular weight is 638 g/mol. The molecule has 0 saturated carbocycles. The van der Waals surface area contributed by atoms with Crippen LogP contribution in [0.1, 0.15) is 40.7 Å². The molecule has 2 aliphatic rings. The van der Waals surface area contributed by atoms with Crippen molar-refractivity contribution < 1.29 is 15.4 Å². The van der Waals surface area contributed by atoms with Gasteiger partial charge in [-0.05, 0) is 85.1 Å². The molecule has 0 bridgehead atoms. The molecule has 3 N–H and O–H groups in total. The minimum absolute atomic E-state index is 0. The number of aryl methyl sites for hydroxylation is 1. The van der Waals surface area contributed by atoms with Crippen LogP contribution >= 0.6 is 0 Å². The number of rotatable bonds is 9. The van der Waals surface area contributed by atoms with Crippen LogP contribution in [0.4, 0.5) is 5.95 Å². The van der Waals surface area contributed by atoms with E-state index in [2.05, 4.69) is 66.3 Å². The van der Waals surface area contributed by atoms with Gasteiger partial charge in [-0.3, -0.25) is 4.79 Å². The van der Waals surface area contributed by atoms with Crippen LogP contribution in [0.25, 0.3) is 16.7 Å². The summed E-state index contributed by atoms with van der Waals surface area (Å²) < 4.78 is 3.73. The molecule has 0 radical (unpaired) electrons. The molecule has 7 rings (SSSR count). The highest BCUT2D eigenvalue weighted by Gasteiger charge is 2.42. The second-order valence-electron chi connectivity index (χ2n) is 12.6. The quantitative estimate of drug-likeness (QED) is 0.260. The van der Waals surface area contributed by atoms with Gasteiger partial charge in [-0.1, -0.05) is 48.5 Å². The second-order valence-corrected chi connectivity index (χ2v) is 12.6. The third-order valence-electron chi connectivity index (χ3n) is 9.83. The number of benzene rings is 3. The standard InChI is InChI=1S/C35H41N9O2.H2O/c1-27-12-13-29(44-26-36-38-39-44)24-30(27)33(46)42-19-15-35(25-42,28-8-3-2-4-9-28)14-18-40-16-7-17-41(21-20-40)34-37-31-10-5-6-11-32(31)43(34)22-23-45;/h2-6,8-13,24,26,45H,7,14-23,25H2,1H3;1H2. The SMILES string of the molecule is Cc1ccc(-n2cnnn2)cc1C(=O)N1CCC(CCN2CCCN(c3nc4ccccc4n3CCO)CC2)(c2ccccc2)C1.O. The van der Waals surface area contributed by atoms with Gasteiger partial charge in [0, 0.05) is 50.2 Å². The first-order valence-electron chi connectivity index (χ1n) is 16.3. The first-order chi connectivity index (χ1) is 22.5. The Balaban J connectivity index is 0.00000386. The molecule has 2 fully saturated rings. The average Bonchev–Trinajstić information content (AvgIpc) is 3.82. The molecular formula is C35H43N9O3. The van der Waals surface area contributed by atoms with Crippen molar-refractivity contribution in [3.63, 3.8) is 0 Å². The van der Waals surface area contributed by atoms with Crippen molar-refractivity contribution in [1.29, 1.82) is 0 Å². The third-order valence-corrected chi connectivity index (χ3v) is 9.83. The molecule has 0 spiro atoms. The van der Waals surface area contributed by atoms with Crippen LogP contribution in [0.3, 0.4) is 0 Å². The van der Waals surface area contributed by atoms with E-state index in [0.29, 0.717) is 18.7 Å². The summed E-state index contributed by atoms with van der Waals surface area (Å²) in [6.45, 7) is 8.75. The van der Waals surface area contributed by atoms with E-state index in [0.717, 1.165) is 86.8 Å². The van der Waals surface area contributed by atoms with Crippen molar-refractivity contribution in [2.75, 3.05) is 57.3 Å². The molecule has 12 nitrogen and oxygen atoms in total. The monoisotopic (exact) mass is 637 g/mol. The van der Waals surface area contributed by atoms with Crippen LogP contribution in [0.5, 0.6) is 0 Å². The fourth-order valence-corrected chi connectivity index (χ4v) is 7.25. The lowest BCUT2D eigenvalue weighted by atomic mass is 9.76. The molecule has 246 valence electrons. The van der Waals surface area contributed by atoms with Crippen LogP contribution in [0.2, 0.25) is 0 Å². The molecule has 1 amide bonds. The van der Waals surface area contributed by atoms with Crippen LogP contribution in [-0.4, -0.2) is 108 Å². The van der Waals surface area contributed by atoms with Gasteiger partial charge in [0.05, 0.1) is 23.3 Å². The van der Waals surface area contributed by atoms with Crippen LogP contribution in [0.15, 0.2) is 79.1 Å². The molecule has 1 atom stereocenters. The van der Waals surface area contributed by atoms with Gasteiger partial charge in [-0.15, -0.1) is 5.10 Å². The van der Waals surface area contributed by atoms with Crippen molar-refractivity contribution in [3.05, 3.63) is 95.8 Å². The summed E-state index contributed by atoms with van der Waals surface area (Å²) in [5.74, 6) is 1.00. The highest BCUT2D eigenvalue weighted by Crippen LogP contribution is 2.39. The van der Waals surface area contributed by atoms with Crippen molar-refractivity contribution in [2.45, 2.75) is 38.1 Å². The first-order valence-corrected chi connectivity index (χ1v) is 16.3. The number of hydrogen-bond donors (Lipinski definition) is 1. The molecule has 1 unspecified atom stereocenters. The molecule has 2 aromatic heterocycles. The summed E-state index contributed by atoms with van der Waals surface area (Å²) in [5, 5.41) is 21.3. The molecule has 3 aromatic carbocycles. The Bertz CT molecular complexity index is 1790. The summed E-state index contributed by atoms with van der Waals surface area (Å²) in [4.78, 5) is 26.0. The lowest BCUT2D eigenvalue weighted by molar-refractivity contribution is 0.0780. The molecule has 47 heavy (non-hydrogen) atoms. The van der Waals surface area contributed by atoms with Crippen LogP contribution < -0.4 is 4.90 Å². The largest absolute Gasteiger partial charge is 0.412 e. The summed E-state index contributed by atoms with van der Waals surface area (Å²) in [5.41, 5.74) is 5.63. The summed E-state index contributed by atoms with van der Waals surface area (Å²) >= 11 is 0. The summed E-state index contributed by atoms with van der Waals surface area (Å²) in [6, 6.07) is 24.7. The number of carbonyl (C=O) groups is 1. The predicted octanol–water partition coefficient (Wildman–Crippen LogP) is 2.87. The zero-order chi connectivity index (χ0) is 31.5. The minimum Gasteiger partial charge on any atom is -0.412 e. The highest BCUT2D eigenvalue weighted by molar-refractivity contribution is 5.96. The molecule has 2 aliphatic heterocycles. The zero-order valence-electron chi connectivity index (χ0n) is 26.9. The number of hydrogen-bond acceptors (Lipinski definition) is 8. The molecule has 4 heterocycles. The lowest BCUT2D eigenvalue weighted by Crippen LogP contribution is -2.39. The second kappa shape index (κ2) is 14.0. The Morgan fingerprint density at radius 3 is 2.57 bits per heavy atom. The fraction of sp³-hybridized carbons (Fsp3) is 0.400. The van der Waals surface area contributed by atoms with Gasteiger partial charge >= 0.3 is 0 Å². The molecular weight excluding hydrogens is 594 g/mol. The predicted molar refractivity (Wildman–Crippen MR) is 181 cm³/mol. The first kappa shape index (κ1) is 32.3. The van der Waals surface area contributed by atoms with E-state index in [1.54, 1.807) is 11.0 Å². The maximum atomic E-state index is 14.0. The number of tetrazole rings is 1. The van der Waals surface area contributed by atoms with Gasteiger partial charge in [0.2, 0.25) is 5.95 Å². The highest BCUT2D eigenvalue weighted by atomic mass is 16.3. The minimum atomic E-state index is -0.112. The maximum Gasteiger partial charge on any atom is 0.254 e. The number of amides is 1. The van der Waals surface area contributed by atoms with Crippen molar-refractivity contribution in [1.82, 2.24) is 39.6 Å². The molecule has 0 aliphatic carbocycles. The number of anilines is 1. The van der Waals surface area contributed by atoms with Gasteiger partial charge in [0.25, 0.3) is 5.91 Å². The third kappa shape index (κ3) is 6.49. The zero-order valence-corrected chi connectivity index (χ0v) is 26.9. The van der Waals surface area contributed by atoms with E-state index in [4.69, 9.17) is 4.98 Å². The molecule has 12 heteroatoms. The number of para-hydroxylation sites is 2. The number of likely N-dealkylation sites (tertiary alicyclic amines) is 1. The van der Waals surface area contributed by atoms with Gasteiger partial charge in [0.15, 0.2) is 0 Å². The van der Waals surface area contributed by atoms with E-state index in [-0.39, 0.29) is 23.4 Å². The van der Waals surface area contributed by atoms with Gasteiger partial charge < -0.3 is 29.8 Å². The van der Waals surface area contributed by atoms with Crippen molar-refractivity contribution in [2.24, 2.45) is 0 Å². The Hall–Kier alpha value is -4.65. The van der Waals surface area contributed by atoms with E-state index in [9.17, 15) is 9.90 Å². The molecule has 2 saturated heterocycles. The van der Waals surface area contributed by atoms with Gasteiger partial charge in [0.1, 0.15) is 6.33 Å². The number of aliphatic hydroxyl groups is 1. The number of aromatic nitrogens is 6. The number of imidazole rings is 1. The van der Waals surface area contributed by atoms with Crippen LogP contribution in [-0.2, 0) is 12.0 Å². The number of aliphatic hydroxyl groups excluding tert-OH is 1. The normalized spacial score (nSPS) is 18.8. The topological polar surface area (TPSA) is 140 Å². The van der Waals surface area contributed by atoms with Crippen molar-refractivity contribution >= 4 is 22.9 Å². The number of fused-ring (bicyclic) bond motifs is 1. The Morgan fingerprint density at radius 2 is 1.77 bits per heavy atom. The van der Waals surface area contributed by atoms with E-state index in [1.807, 2.05) is 48.2 Å². The fourth-order valence-electron chi connectivity index (χ4n) is 7.25. The Kier molecular flexibility index (Phi) is 9.62. The van der Waals surface area contributed by atoms with Crippen molar-refractivity contribution in [3.8, 4) is 5.69 Å². The summed E-state index contributed by atoms with van der Waals surface area (Å²) in [6.07, 6.45) is 4.50. The summed E-state index contributed by atoms with van der Waals surface area (Å²) in [7, 11) is 0. The van der Waals surface area contributed by atoms with Crippen LogP contribution in [0, 0.1) is 6.92 Å². The van der Waals surface area contributed by atoms with Gasteiger partial charge in [-0.25, -0.2) is 9.67 Å². The van der Waals surface area contributed by atoms with E-state index >= 15 is 0 Å². The number of nitrogens with zero attached hydrogens (tertiary/aromatic N) is 9. The Labute approximate surface area is 274 Å². The van der Waals surface area contributed by atoms with E-state index in [1.165, 1.54) is 5.56 Å².